The van der Waals surface area contributed by atoms with Crippen LogP contribution in [0.3, 0.4) is 0 Å². The third-order valence-electron chi connectivity index (χ3n) is 7.27. The Hall–Kier alpha value is -2.65. The standard InChI is InChI=1S/C24H30N4O4S/c1-16-13-20(17(2)27(16)19-9-12-33(31,32)15-19)23(29)14-26-10-7-18(8-11-26)28-22-6-4-3-5-21(22)25-24(28)30/h3-6,13,18-19H,7-12,14-15H2,1-2H3,(H,25,30). The molecule has 1 unspecified atom stereocenters. The molecule has 1 atom stereocenters. The lowest BCUT2D eigenvalue weighted by atomic mass is 10.0. The third kappa shape index (κ3) is 4.08. The topological polar surface area (TPSA) is 97.2 Å². The zero-order chi connectivity index (χ0) is 23.3. The molecule has 33 heavy (non-hydrogen) atoms. The molecule has 3 aromatic rings. The highest BCUT2D eigenvalue weighted by Gasteiger charge is 2.32. The quantitative estimate of drug-likeness (QED) is 0.578. The van der Waals surface area contributed by atoms with Gasteiger partial charge in [0.25, 0.3) is 0 Å². The lowest BCUT2D eigenvalue weighted by Crippen LogP contribution is -2.39. The van der Waals surface area contributed by atoms with E-state index in [1.54, 1.807) is 0 Å². The van der Waals surface area contributed by atoms with E-state index in [0.29, 0.717) is 18.5 Å². The van der Waals surface area contributed by atoms with Gasteiger partial charge in [-0.1, -0.05) is 12.1 Å². The molecule has 2 aliphatic heterocycles. The lowest BCUT2D eigenvalue weighted by molar-refractivity contribution is 0.0897. The number of benzene rings is 1. The number of Topliss-reactive ketones (excluding diaryl/α,β-unsaturated/α-hetero) is 1. The Morgan fingerprint density at radius 2 is 1.79 bits per heavy atom. The van der Waals surface area contributed by atoms with Gasteiger partial charge in [-0.2, -0.15) is 0 Å². The summed E-state index contributed by atoms with van der Waals surface area (Å²) in [6.07, 6.45) is 2.23. The first-order valence-corrected chi connectivity index (χ1v) is 13.4. The molecule has 2 aliphatic rings. The summed E-state index contributed by atoms with van der Waals surface area (Å²) in [6.45, 7) is 5.70. The van der Waals surface area contributed by atoms with Gasteiger partial charge in [0.15, 0.2) is 15.6 Å². The van der Waals surface area contributed by atoms with Crippen LogP contribution in [-0.4, -0.2) is 64.4 Å². The number of piperidine rings is 1. The number of carbonyl (C=O) groups is 1. The second-order valence-electron chi connectivity index (χ2n) is 9.46. The predicted octanol–water partition coefficient (Wildman–Crippen LogP) is 2.63. The molecule has 2 saturated heterocycles. The maximum atomic E-state index is 13.1. The average molecular weight is 471 g/mol. The number of H-pyrrole nitrogens is 1. The Balaban J connectivity index is 1.26. The van der Waals surface area contributed by atoms with Crippen molar-refractivity contribution < 1.29 is 13.2 Å². The molecule has 0 spiro atoms. The van der Waals surface area contributed by atoms with Gasteiger partial charge in [0.05, 0.1) is 29.1 Å². The van der Waals surface area contributed by atoms with Crippen molar-refractivity contribution in [3.8, 4) is 0 Å². The third-order valence-corrected chi connectivity index (χ3v) is 9.02. The maximum Gasteiger partial charge on any atom is 0.326 e. The van der Waals surface area contributed by atoms with Crippen LogP contribution in [0.5, 0.6) is 0 Å². The van der Waals surface area contributed by atoms with Gasteiger partial charge in [0.2, 0.25) is 0 Å². The molecular formula is C24H30N4O4S. The Labute approximate surface area is 193 Å². The predicted molar refractivity (Wildman–Crippen MR) is 128 cm³/mol. The van der Waals surface area contributed by atoms with E-state index in [0.717, 1.165) is 48.4 Å². The summed E-state index contributed by atoms with van der Waals surface area (Å²) >= 11 is 0. The van der Waals surface area contributed by atoms with Gasteiger partial charge in [-0.05, 0) is 51.3 Å². The first-order valence-electron chi connectivity index (χ1n) is 11.6. The molecule has 1 aromatic carbocycles. The zero-order valence-electron chi connectivity index (χ0n) is 19.1. The van der Waals surface area contributed by atoms with Crippen molar-refractivity contribution in [2.45, 2.75) is 45.2 Å². The largest absolute Gasteiger partial charge is 0.344 e. The molecule has 0 bridgehead atoms. The number of aromatic nitrogens is 3. The Morgan fingerprint density at radius 1 is 1.06 bits per heavy atom. The SMILES string of the molecule is Cc1cc(C(=O)CN2CCC(n3c(=O)[nH]c4ccccc43)CC2)c(C)n1C1CCS(=O)(=O)C1. The van der Waals surface area contributed by atoms with E-state index in [9.17, 15) is 18.0 Å². The Bertz CT molecular complexity index is 1370. The van der Waals surface area contributed by atoms with Gasteiger partial charge < -0.3 is 9.55 Å². The van der Waals surface area contributed by atoms with Crippen LogP contribution >= 0.6 is 0 Å². The van der Waals surface area contributed by atoms with E-state index in [2.05, 4.69) is 9.88 Å². The van der Waals surface area contributed by atoms with Crippen molar-refractivity contribution in [1.29, 1.82) is 0 Å². The van der Waals surface area contributed by atoms with Gasteiger partial charge >= 0.3 is 5.69 Å². The van der Waals surface area contributed by atoms with Crippen molar-refractivity contribution in [3.63, 3.8) is 0 Å². The second kappa shape index (κ2) is 8.29. The van der Waals surface area contributed by atoms with Gasteiger partial charge in [0, 0.05) is 42.1 Å². The summed E-state index contributed by atoms with van der Waals surface area (Å²) in [6, 6.07) is 9.68. The molecule has 0 amide bonds. The minimum Gasteiger partial charge on any atom is -0.344 e. The Kier molecular flexibility index (Phi) is 5.56. The number of aromatic amines is 1. The highest BCUT2D eigenvalue weighted by atomic mass is 32.2. The average Bonchev–Trinajstić information content (AvgIpc) is 3.40. The van der Waals surface area contributed by atoms with Crippen LogP contribution in [0.2, 0.25) is 0 Å². The van der Waals surface area contributed by atoms with Gasteiger partial charge in [-0.15, -0.1) is 0 Å². The summed E-state index contributed by atoms with van der Waals surface area (Å²) in [4.78, 5) is 30.7. The number of nitrogens with zero attached hydrogens (tertiary/aromatic N) is 3. The number of fused-ring (bicyclic) bond motifs is 1. The van der Waals surface area contributed by atoms with Crippen molar-refractivity contribution in [2.24, 2.45) is 0 Å². The number of aryl methyl sites for hydroxylation is 1. The smallest absolute Gasteiger partial charge is 0.326 e. The maximum absolute atomic E-state index is 13.1. The highest BCUT2D eigenvalue weighted by molar-refractivity contribution is 7.91. The number of hydrogen-bond donors (Lipinski definition) is 1. The molecule has 9 heteroatoms. The van der Waals surface area contributed by atoms with E-state index in [1.807, 2.05) is 53.3 Å². The fraction of sp³-hybridized carbons (Fsp3) is 0.500. The molecule has 0 radical (unpaired) electrons. The molecular weight excluding hydrogens is 440 g/mol. The summed E-state index contributed by atoms with van der Waals surface area (Å²) in [5.41, 5.74) is 4.19. The minimum absolute atomic E-state index is 0.0675. The van der Waals surface area contributed by atoms with Crippen molar-refractivity contribution >= 4 is 26.7 Å². The van der Waals surface area contributed by atoms with Crippen molar-refractivity contribution in [2.75, 3.05) is 31.1 Å². The molecule has 8 nitrogen and oxygen atoms in total. The van der Waals surface area contributed by atoms with E-state index < -0.39 is 9.84 Å². The van der Waals surface area contributed by atoms with Crippen LogP contribution in [0.15, 0.2) is 35.1 Å². The van der Waals surface area contributed by atoms with Crippen LogP contribution in [0.1, 0.15) is 53.1 Å². The Morgan fingerprint density at radius 3 is 2.48 bits per heavy atom. The molecule has 5 rings (SSSR count). The number of rotatable bonds is 5. The molecule has 2 aromatic heterocycles. The van der Waals surface area contributed by atoms with Gasteiger partial charge in [-0.25, -0.2) is 13.2 Å². The van der Waals surface area contributed by atoms with Crippen molar-refractivity contribution in [1.82, 2.24) is 19.0 Å². The first kappa shape index (κ1) is 22.2. The molecule has 176 valence electrons. The second-order valence-corrected chi connectivity index (χ2v) is 11.7. The van der Waals surface area contributed by atoms with E-state index in [-0.39, 0.29) is 35.1 Å². The van der Waals surface area contributed by atoms with Crippen molar-refractivity contribution in [3.05, 3.63) is 57.8 Å². The number of carbonyl (C=O) groups excluding carboxylic acids is 1. The molecule has 2 fully saturated rings. The van der Waals surface area contributed by atoms with Crippen LogP contribution in [0, 0.1) is 13.8 Å². The number of para-hydroxylation sites is 2. The van der Waals surface area contributed by atoms with Crippen LogP contribution in [0.25, 0.3) is 11.0 Å². The lowest BCUT2D eigenvalue weighted by Gasteiger charge is -2.32. The number of hydrogen-bond acceptors (Lipinski definition) is 5. The fourth-order valence-electron chi connectivity index (χ4n) is 5.66. The van der Waals surface area contributed by atoms with Crippen LogP contribution in [-0.2, 0) is 9.84 Å². The van der Waals surface area contributed by atoms with Gasteiger partial charge in [0.1, 0.15) is 0 Å². The molecule has 0 aliphatic carbocycles. The minimum atomic E-state index is -2.99. The summed E-state index contributed by atoms with van der Waals surface area (Å²) in [7, 11) is -2.99. The summed E-state index contributed by atoms with van der Waals surface area (Å²) < 4.78 is 27.8. The van der Waals surface area contributed by atoms with E-state index in [4.69, 9.17) is 0 Å². The monoisotopic (exact) mass is 470 g/mol. The number of ketones is 1. The summed E-state index contributed by atoms with van der Waals surface area (Å²) in [5.74, 6) is 0.433. The van der Waals surface area contributed by atoms with E-state index in [1.165, 1.54) is 0 Å². The molecule has 4 heterocycles. The van der Waals surface area contributed by atoms with Crippen LogP contribution < -0.4 is 5.69 Å². The normalized spacial score (nSPS) is 21.7. The van der Waals surface area contributed by atoms with E-state index >= 15 is 0 Å². The number of sulfone groups is 1. The summed E-state index contributed by atoms with van der Waals surface area (Å²) in [5, 5.41) is 0. The fourth-order valence-corrected chi connectivity index (χ4v) is 7.36. The number of imidazole rings is 1. The van der Waals surface area contributed by atoms with Crippen LogP contribution in [0.4, 0.5) is 0 Å². The number of likely N-dealkylation sites (tertiary alicyclic amines) is 1. The number of nitrogens with one attached hydrogen (secondary N) is 1. The molecule has 1 N–H and O–H groups in total. The van der Waals surface area contributed by atoms with Gasteiger partial charge in [-0.3, -0.25) is 14.3 Å². The highest BCUT2D eigenvalue weighted by Crippen LogP contribution is 2.30. The molecule has 0 saturated carbocycles. The first-order chi connectivity index (χ1) is 15.7. The zero-order valence-corrected chi connectivity index (χ0v) is 19.9.